The minimum absolute atomic E-state index is 0.0705. The quantitative estimate of drug-likeness (QED) is 0.0363. The molecule has 1 aromatic carbocycles. The third-order valence-corrected chi connectivity index (χ3v) is 12.5. The number of allylic oxidation sites excluding steroid dienone is 1. The summed E-state index contributed by atoms with van der Waals surface area (Å²) in [6, 6.07) is 5.15. The summed E-state index contributed by atoms with van der Waals surface area (Å²) in [4.78, 5) is 22.6. The van der Waals surface area contributed by atoms with E-state index in [0.29, 0.717) is 36.7 Å². The van der Waals surface area contributed by atoms with Crippen LogP contribution in [0.1, 0.15) is 148 Å². The van der Waals surface area contributed by atoms with Crippen LogP contribution in [0.25, 0.3) is 0 Å². The maximum absolute atomic E-state index is 14.7. The molecule has 0 aromatic heterocycles. The van der Waals surface area contributed by atoms with E-state index in [1.807, 2.05) is 32.9 Å². The van der Waals surface area contributed by atoms with Crippen molar-refractivity contribution in [2.45, 2.75) is 160 Å². The molecule has 6 unspecified atom stereocenters. The van der Waals surface area contributed by atoms with E-state index in [1.54, 1.807) is 17.1 Å². The highest BCUT2D eigenvalue weighted by Gasteiger charge is 2.65. The van der Waals surface area contributed by atoms with Gasteiger partial charge in [0.25, 0.3) is 0 Å². The van der Waals surface area contributed by atoms with Crippen LogP contribution in [0.3, 0.4) is 0 Å². The van der Waals surface area contributed by atoms with Crippen molar-refractivity contribution in [1.29, 1.82) is 0 Å². The lowest BCUT2D eigenvalue weighted by molar-refractivity contribution is -0.256. The molecule has 0 radical (unpaired) electrons. The highest BCUT2D eigenvalue weighted by Crippen LogP contribution is 2.62. The number of rotatable bonds is 32. The first kappa shape index (κ1) is 52.2. The molecule has 63 heavy (non-hydrogen) atoms. The molecular formula is C51H82N2O10. The maximum atomic E-state index is 14.7. The predicted octanol–water partition coefficient (Wildman–Crippen LogP) is 10.1. The SMILES string of the molecule is C=CCOc1ccc2c(c1)C1C(CCCCO)C(CCCCO)C=C3C(=NOC(C)(C)C)CC(N(CCOCCO)C(=O)OCCCCCCCCCCCC)C(OCC=C)(O2)C31. The van der Waals surface area contributed by atoms with Crippen molar-refractivity contribution in [2.24, 2.45) is 22.9 Å². The molecule has 4 rings (SSSR count). The maximum Gasteiger partial charge on any atom is 0.410 e. The van der Waals surface area contributed by atoms with E-state index in [-0.39, 0.29) is 77.0 Å². The minimum atomic E-state index is -1.43. The van der Waals surface area contributed by atoms with Gasteiger partial charge in [-0.05, 0) is 88.5 Å². The molecule has 2 aliphatic carbocycles. The molecule has 1 saturated carbocycles. The van der Waals surface area contributed by atoms with Crippen LogP contribution in [0.15, 0.2) is 60.3 Å². The molecule has 12 nitrogen and oxygen atoms in total. The number of hydrogen-bond donors (Lipinski definition) is 3. The van der Waals surface area contributed by atoms with Crippen LogP contribution in [0.4, 0.5) is 4.79 Å². The standard InChI is InChI=1S/C51H82N2O10/c1-7-10-11-12-13-14-15-16-17-22-33-60-49(57)53(27-34-58-35-30-56)46-38-44(52-63-50(4,5)6)42-36-39(23-18-20-28-54)41(24-19-21-29-55)47-43-37-40(59-31-8-2)25-26-45(43)62-51(46,48(42)47)61-32-9-3/h8-9,25-26,36-37,39,41,46-48,54-56H,2-3,7,10-24,27-35,38H2,1,4-6H3. The number of carbonyl (C=O) groups excluding carboxylic acids is 1. The van der Waals surface area contributed by atoms with Gasteiger partial charge in [-0.25, -0.2) is 4.79 Å². The lowest BCUT2D eigenvalue weighted by Gasteiger charge is -2.60. The molecule has 1 amide bonds. The first-order valence-corrected chi connectivity index (χ1v) is 24.2. The third-order valence-electron chi connectivity index (χ3n) is 12.5. The minimum Gasteiger partial charge on any atom is -0.490 e. The van der Waals surface area contributed by atoms with Crippen molar-refractivity contribution in [3.8, 4) is 11.5 Å². The number of benzene rings is 1. The van der Waals surface area contributed by atoms with Crippen LogP contribution in [-0.4, -0.2) is 109 Å². The average Bonchev–Trinajstić information content (AvgIpc) is 3.27. The van der Waals surface area contributed by atoms with Crippen molar-refractivity contribution < 1.29 is 48.6 Å². The smallest absolute Gasteiger partial charge is 0.410 e. The molecule has 0 saturated heterocycles. The number of hydrogen-bond acceptors (Lipinski definition) is 11. The van der Waals surface area contributed by atoms with Crippen molar-refractivity contribution in [3.05, 3.63) is 60.7 Å². The van der Waals surface area contributed by atoms with E-state index in [9.17, 15) is 20.1 Å². The van der Waals surface area contributed by atoms with E-state index >= 15 is 0 Å². The summed E-state index contributed by atoms with van der Waals surface area (Å²) >= 11 is 0. The number of oxime groups is 1. The molecule has 3 N–H and O–H groups in total. The average molecular weight is 883 g/mol. The summed E-state index contributed by atoms with van der Waals surface area (Å²) in [5, 5.41) is 34.3. The van der Waals surface area contributed by atoms with Crippen molar-refractivity contribution in [1.82, 2.24) is 4.90 Å². The molecule has 0 spiro atoms. The summed E-state index contributed by atoms with van der Waals surface area (Å²) in [5.41, 5.74) is 2.04. The fourth-order valence-corrected chi connectivity index (χ4v) is 9.62. The Labute approximate surface area is 379 Å². The molecule has 1 fully saturated rings. The van der Waals surface area contributed by atoms with Crippen molar-refractivity contribution >= 4 is 11.8 Å². The summed E-state index contributed by atoms with van der Waals surface area (Å²) in [6.45, 7) is 17.3. The summed E-state index contributed by atoms with van der Waals surface area (Å²) in [7, 11) is 0. The number of aliphatic hydroxyl groups excluding tert-OH is 3. The van der Waals surface area contributed by atoms with Crippen LogP contribution < -0.4 is 9.47 Å². The predicted molar refractivity (Wildman–Crippen MR) is 249 cm³/mol. The normalized spacial score (nSPS) is 23.3. The molecule has 356 valence electrons. The van der Waals surface area contributed by atoms with Gasteiger partial charge in [0, 0.05) is 37.7 Å². The number of aliphatic hydroxyl groups is 3. The molecule has 1 aliphatic heterocycles. The monoisotopic (exact) mass is 883 g/mol. The zero-order chi connectivity index (χ0) is 45.5. The fraction of sp³-hybridized carbons (Fsp3) is 0.725. The third kappa shape index (κ3) is 15.3. The van der Waals surface area contributed by atoms with Gasteiger partial charge in [0.15, 0.2) is 0 Å². The van der Waals surface area contributed by atoms with E-state index < -0.39 is 29.4 Å². The van der Waals surface area contributed by atoms with Gasteiger partial charge in [0.2, 0.25) is 5.79 Å². The largest absolute Gasteiger partial charge is 0.490 e. The Hall–Kier alpha value is -3.42. The molecule has 12 heteroatoms. The molecule has 1 heterocycles. The second kappa shape index (κ2) is 27.8. The first-order chi connectivity index (χ1) is 30.6. The Bertz CT molecular complexity index is 1570. The second-order valence-corrected chi connectivity index (χ2v) is 18.4. The molecule has 6 atom stereocenters. The number of unbranched alkanes of at least 4 members (excludes halogenated alkanes) is 11. The summed E-state index contributed by atoms with van der Waals surface area (Å²) in [6.07, 6.45) is 21.9. The van der Waals surface area contributed by atoms with Crippen LogP contribution in [0.5, 0.6) is 11.5 Å². The highest BCUT2D eigenvalue weighted by atomic mass is 16.7. The lowest BCUT2D eigenvalue weighted by atomic mass is 9.55. The van der Waals surface area contributed by atoms with Gasteiger partial charge >= 0.3 is 6.09 Å². The van der Waals surface area contributed by atoms with E-state index in [4.69, 9.17) is 33.7 Å². The van der Waals surface area contributed by atoms with Crippen LogP contribution >= 0.6 is 0 Å². The van der Waals surface area contributed by atoms with E-state index in [1.165, 1.54) is 44.9 Å². The number of amides is 1. The summed E-state index contributed by atoms with van der Waals surface area (Å²) in [5.74, 6) is -0.597. The number of carbonyl (C=O) groups is 1. The lowest BCUT2D eigenvalue weighted by Crippen LogP contribution is -2.70. The van der Waals surface area contributed by atoms with E-state index in [2.05, 4.69) is 32.2 Å². The Morgan fingerprint density at radius 1 is 0.873 bits per heavy atom. The van der Waals surface area contributed by atoms with E-state index in [0.717, 1.165) is 56.1 Å². The summed E-state index contributed by atoms with van der Waals surface area (Å²) < 4.78 is 32.5. The van der Waals surface area contributed by atoms with Gasteiger partial charge in [-0.15, -0.1) is 6.58 Å². The zero-order valence-corrected chi connectivity index (χ0v) is 39.2. The molecule has 1 aromatic rings. The van der Waals surface area contributed by atoms with Gasteiger partial charge in [-0.3, -0.25) is 4.90 Å². The van der Waals surface area contributed by atoms with Crippen molar-refractivity contribution in [3.63, 3.8) is 0 Å². The van der Waals surface area contributed by atoms with Gasteiger partial charge in [0.1, 0.15) is 29.7 Å². The molecule has 3 aliphatic rings. The Morgan fingerprint density at radius 2 is 1.56 bits per heavy atom. The van der Waals surface area contributed by atoms with Crippen LogP contribution in [0, 0.1) is 17.8 Å². The Morgan fingerprint density at radius 3 is 2.21 bits per heavy atom. The first-order valence-electron chi connectivity index (χ1n) is 24.2. The Balaban J connectivity index is 1.84. The second-order valence-electron chi connectivity index (χ2n) is 18.4. The fourth-order valence-electron chi connectivity index (χ4n) is 9.62. The van der Waals surface area contributed by atoms with Gasteiger partial charge in [0.05, 0.1) is 44.7 Å². The van der Waals surface area contributed by atoms with Gasteiger partial charge in [-0.2, -0.15) is 0 Å². The topological polar surface area (TPSA) is 149 Å². The zero-order valence-electron chi connectivity index (χ0n) is 39.2. The van der Waals surface area contributed by atoms with Crippen LogP contribution in [-0.2, 0) is 19.0 Å². The number of nitrogens with zero attached hydrogens (tertiary/aromatic N) is 2. The number of fused-ring (bicyclic) bond motifs is 2. The molecular weight excluding hydrogens is 801 g/mol. The highest BCUT2D eigenvalue weighted by molar-refractivity contribution is 6.03. The number of ether oxygens (including phenoxy) is 5. The van der Waals surface area contributed by atoms with Crippen LogP contribution in [0.2, 0.25) is 0 Å². The molecule has 0 bridgehead atoms. The van der Waals surface area contributed by atoms with Gasteiger partial charge < -0.3 is 43.8 Å². The van der Waals surface area contributed by atoms with Gasteiger partial charge in [-0.1, -0.05) is 108 Å². The Kier molecular flexibility index (Phi) is 23.0. The van der Waals surface area contributed by atoms with Crippen molar-refractivity contribution in [2.75, 3.05) is 59.4 Å².